The zero-order valence-electron chi connectivity index (χ0n) is 19.9. The first-order valence-electron chi connectivity index (χ1n) is 11.6. The first-order valence-corrected chi connectivity index (χ1v) is 11.6. The molecule has 9 nitrogen and oxygen atoms in total. The largest absolute Gasteiger partial charge is 0.444 e. The molecule has 2 heterocycles. The standard InChI is InChI=1S/C24H36N4O5/c1-24(2,3)33-23(31)25-20(17-19-7-5-4-6-8-19)22(30)28-11-9-27(10-12-28)21(29)18-26-13-15-32-16-14-26/h4-8,20H,9-18H2,1-3H3,(H,25,31). The number of carbonyl (C=O) groups is 3. The van der Waals surface area contributed by atoms with Crippen LogP contribution in [-0.4, -0.2) is 103 Å². The fraction of sp³-hybridized carbons (Fsp3) is 0.625. The summed E-state index contributed by atoms with van der Waals surface area (Å²) in [4.78, 5) is 44.0. The van der Waals surface area contributed by atoms with E-state index in [-0.39, 0.29) is 11.8 Å². The Balaban J connectivity index is 1.57. The lowest BCUT2D eigenvalue weighted by atomic mass is 10.0. The normalized spacial score (nSPS) is 18.5. The van der Waals surface area contributed by atoms with Gasteiger partial charge in [-0.25, -0.2) is 4.79 Å². The van der Waals surface area contributed by atoms with E-state index < -0.39 is 17.7 Å². The van der Waals surface area contributed by atoms with E-state index in [1.807, 2.05) is 35.2 Å². The summed E-state index contributed by atoms with van der Waals surface area (Å²) in [5, 5.41) is 2.76. The Kier molecular flexibility index (Phi) is 8.68. The van der Waals surface area contributed by atoms with Gasteiger partial charge in [-0.1, -0.05) is 30.3 Å². The van der Waals surface area contributed by atoms with Crippen LogP contribution in [0.3, 0.4) is 0 Å². The van der Waals surface area contributed by atoms with E-state index >= 15 is 0 Å². The van der Waals surface area contributed by atoms with E-state index in [9.17, 15) is 14.4 Å². The van der Waals surface area contributed by atoms with Crippen molar-refractivity contribution in [2.24, 2.45) is 0 Å². The maximum absolute atomic E-state index is 13.3. The van der Waals surface area contributed by atoms with Crippen LogP contribution in [0.1, 0.15) is 26.3 Å². The van der Waals surface area contributed by atoms with Crippen LogP contribution in [0, 0.1) is 0 Å². The van der Waals surface area contributed by atoms with E-state index in [2.05, 4.69) is 10.2 Å². The predicted molar refractivity (Wildman–Crippen MR) is 124 cm³/mol. The third-order valence-electron chi connectivity index (χ3n) is 5.68. The minimum Gasteiger partial charge on any atom is -0.444 e. The fourth-order valence-electron chi connectivity index (χ4n) is 3.95. The summed E-state index contributed by atoms with van der Waals surface area (Å²) < 4.78 is 10.7. The molecule has 2 saturated heterocycles. The first kappa shape index (κ1) is 25.0. The number of alkyl carbamates (subject to hydrolysis) is 1. The Morgan fingerprint density at radius 3 is 2.18 bits per heavy atom. The molecule has 1 unspecified atom stereocenters. The molecule has 1 atom stereocenters. The lowest BCUT2D eigenvalue weighted by molar-refractivity contribution is -0.141. The van der Waals surface area contributed by atoms with Crippen LogP contribution in [0.25, 0.3) is 0 Å². The van der Waals surface area contributed by atoms with Gasteiger partial charge < -0.3 is 24.6 Å². The maximum Gasteiger partial charge on any atom is 0.408 e. The van der Waals surface area contributed by atoms with Crippen LogP contribution in [0.5, 0.6) is 0 Å². The van der Waals surface area contributed by atoms with Gasteiger partial charge in [0.2, 0.25) is 11.8 Å². The Bertz CT molecular complexity index is 797. The summed E-state index contributed by atoms with van der Waals surface area (Å²) in [5.74, 6) is -0.0818. The van der Waals surface area contributed by atoms with E-state index in [1.165, 1.54) is 0 Å². The average Bonchev–Trinajstić information content (AvgIpc) is 2.78. The molecule has 2 aliphatic heterocycles. The second-order valence-corrected chi connectivity index (χ2v) is 9.48. The van der Waals surface area contributed by atoms with Crippen molar-refractivity contribution in [1.82, 2.24) is 20.0 Å². The summed E-state index contributed by atoms with van der Waals surface area (Å²) in [7, 11) is 0. The van der Waals surface area contributed by atoms with Gasteiger partial charge in [0.05, 0.1) is 19.8 Å². The summed E-state index contributed by atoms with van der Waals surface area (Å²) in [5.41, 5.74) is 0.294. The zero-order valence-corrected chi connectivity index (χ0v) is 19.9. The lowest BCUT2D eigenvalue weighted by Gasteiger charge is -2.37. The molecule has 182 valence electrons. The number of benzene rings is 1. The van der Waals surface area contributed by atoms with Gasteiger partial charge in [-0.05, 0) is 26.3 Å². The van der Waals surface area contributed by atoms with Crippen molar-refractivity contribution >= 4 is 17.9 Å². The quantitative estimate of drug-likeness (QED) is 0.684. The lowest BCUT2D eigenvalue weighted by Crippen LogP contribution is -2.57. The smallest absolute Gasteiger partial charge is 0.408 e. The number of nitrogens with zero attached hydrogens (tertiary/aromatic N) is 3. The average molecular weight is 461 g/mol. The molecule has 3 amide bonds. The molecule has 0 saturated carbocycles. The van der Waals surface area contributed by atoms with E-state index in [0.717, 1.165) is 18.7 Å². The van der Waals surface area contributed by atoms with Crippen LogP contribution < -0.4 is 5.32 Å². The van der Waals surface area contributed by atoms with Crippen molar-refractivity contribution < 1.29 is 23.9 Å². The van der Waals surface area contributed by atoms with Crippen molar-refractivity contribution in [3.8, 4) is 0 Å². The number of carbonyl (C=O) groups excluding carboxylic acids is 3. The Hall–Kier alpha value is -2.65. The van der Waals surface area contributed by atoms with Gasteiger partial charge in [-0.2, -0.15) is 0 Å². The highest BCUT2D eigenvalue weighted by Gasteiger charge is 2.31. The molecule has 0 spiro atoms. The fourth-order valence-corrected chi connectivity index (χ4v) is 3.95. The van der Waals surface area contributed by atoms with Gasteiger partial charge in [-0.3, -0.25) is 14.5 Å². The number of nitrogens with one attached hydrogen (secondary N) is 1. The molecule has 1 aromatic rings. The monoisotopic (exact) mass is 460 g/mol. The molecule has 3 rings (SSSR count). The molecule has 33 heavy (non-hydrogen) atoms. The summed E-state index contributed by atoms with van der Waals surface area (Å²) >= 11 is 0. The van der Waals surface area contributed by atoms with Gasteiger partial charge in [0.25, 0.3) is 0 Å². The minimum absolute atomic E-state index is 0.0803. The van der Waals surface area contributed by atoms with Crippen LogP contribution in [0.4, 0.5) is 4.79 Å². The number of morpholine rings is 1. The first-order chi connectivity index (χ1) is 15.7. The molecule has 0 aliphatic carbocycles. The summed E-state index contributed by atoms with van der Waals surface area (Å²) in [6, 6.07) is 8.84. The maximum atomic E-state index is 13.3. The minimum atomic E-state index is -0.738. The number of rotatable bonds is 6. The Morgan fingerprint density at radius 2 is 1.58 bits per heavy atom. The van der Waals surface area contributed by atoms with E-state index in [1.54, 1.807) is 25.7 Å². The Labute approximate surface area is 196 Å². The molecule has 9 heteroatoms. The molecule has 2 fully saturated rings. The van der Waals surface area contributed by atoms with Crippen molar-refractivity contribution in [3.05, 3.63) is 35.9 Å². The van der Waals surface area contributed by atoms with Crippen LogP contribution in [0.2, 0.25) is 0 Å². The SMILES string of the molecule is CC(C)(C)OC(=O)NC(Cc1ccccc1)C(=O)N1CCN(C(=O)CN2CCOCC2)CC1. The van der Waals surface area contributed by atoms with Gasteiger partial charge in [0.1, 0.15) is 11.6 Å². The molecule has 1 aromatic carbocycles. The molecule has 2 aliphatic rings. The van der Waals surface area contributed by atoms with Crippen molar-refractivity contribution in [2.45, 2.75) is 38.8 Å². The van der Waals surface area contributed by atoms with Gasteiger partial charge in [0, 0.05) is 45.7 Å². The molecule has 0 aromatic heterocycles. The van der Waals surface area contributed by atoms with Crippen molar-refractivity contribution in [1.29, 1.82) is 0 Å². The molecular weight excluding hydrogens is 424 g/mol. The molecule has 0 bridgehead atoms. The predicted octanol–water partition coefficient (Wildman–Crippen LogP) is 1.13. The molecule has 1 N–H and O–H groups in total. The highest BCUT2D eigenvalue weighted by atomic mass is 16.6. The Morgan fingerprint density at radius 1 is 0.970 bits per heavy atom. The number of ether oxygens (including phenoxy) is 2. The highest BCUT2D eigenvalue weighted by molar-refractivity contribution is 5.86. The second kappa shape index (κ2) is 11.5. The number of hydrogen-bond acceptors (Lipinski definition) is 6. The van der Waals surface area contributed by atoms with Crippen LogP contribution >= 0.6 is 0 Å². The topological polar surface area (TPSA) is 91.4 Å². The van der Waals surface area contributed by atoms with Gasteiger partial charge in [-0.15, -0.1) is 0 Å². The van der Waals surface area contributed by atoms with E-state index in [0.29, 0.717) is 52.4 Å². The van der Waals surface area contributed by atoms with Crippen molar-refractivity contribution in [3.63, 3.8) is 0 Å². The highest BCUT2D eigenvalue weighted by Crippen LogP contribution is 2.12. The van der Waals surface area contributed by atoms with Gasteiger partial charge in [0.15, 0.2) is 0 Å². The summed E-state index contributed by atoms with van der Waals surface area (Å²) in [6.45, 7) is 10.4. The molecule has 0 radical (unpaired) electrons. The number of piperazine rings is 1. The van der Waals surface area contributed by atoms with Gasteiger partial charge >= 0.3 is 6.09 Å². The third-order valence-corrected chi connectivity index (χ3v) is 5.68. The zero-order chi connectivity index (χ0) is 23.8. The number of amides is 3. The van der Waals surface area contributed by atoms with Crippen LogP contribution in [0.15, 0.2) is 30.3 Å². The van der Waals surface area contributed by atoms with Crippen LogP contribution in [-0.2, 0) is 25.5 Å². The van der Waals surface area contributed by atoms with E-state index in [4.69, 9.17) is 9.47 Å². The second-order valence-electron chi connectivity index (χ2n) is 9.48. The van der Waals surface area contributed by atoms with Crippen molar-refractivity contribution in [2.75, 3.05) is 59.0 Å². The number of hydrogen-bond donors (Lipinski definition) is 1. The third kappa shape index (κ3) is 8.01. The molecular formula is C24H36N4O5. The summed E-state index contributed by atoms with van der Waals surface area (Å²) in [6.07, 6.45) is -0.245.